The van der Waals surface area contributed by atoms with Gasteiger partial charge in [0, 0.05) is 12.6 Å². The van der Waals surface area contributed by atoms with Gasteiger partial charge in [-0.15, -0.1) is 0 Å². The number of imidazole rings is 1. The molecule has 0 fully saturated rings. The molecule has 2 aromatic heterocycles. The second-order valence-electron chi connectivity index (χ2n) is 8.16. The van der Waals surface area contributed by atoms with Gasteiger partial charge >= 0.3 is 19.9 Å². The summed E-state index contributed by atoms with van der Waals surface area (Å²) in [5, 5.41) is 9.64. The summed E-state index contributed by atoms with van der Waals surface area (Å²) in [6.07, 6.45) is -1.27. The van der Waals surface area contributed by atoms with Gasteiger partial charge in [0.05, 0.1) is 29.4 Å². The number of pyridine rings is 1. The largest absolute Gasteiger partial charge is 0.510 e. The zero-order valence-electron chi connectivity index (χ0n) is 20.7. The number of aromatic hydroxyl groups is 1. The first-order valence-electron chi connectivity index (χ1n) is 11.2. The fraction of sp³-hybridized carbons (Fsp3) is 0.391. The van der Waals surface area contributed by atoms with Crippen LogP contribution in [-0.4, -0.2) is 57.7 Å². The highest BCUT2D eigenvalue weighted by molar-refractivity contribution is 7.62. The Bertz CT molecular complexity index is 1230. The summed E-state index contributed by atoms with van der Waals surface area (Å²) in [5.41, 5.74) is 1.93. The number of hydrogen-bond donors (Lipinski definition) is 1. The number of carbonyl (C=O) groups excluding carboxylic acids is 2. The van der Waals surface area contributed by atoms with Crippen molar-refractivity contribution < 1.29 is 47.3 Å². The molecule has 0 bridgehead atoms. The molecule has 3 rings (SSSR count). The van der Waals surface area contributed by atoms with Gasteiger partial charge in [-0.3, -0.25) is 13.6 Å². The standard InChI is InChI=1S/C23H28N3O10P/c1-15(2)35-22(28)31-13-33-37(30,34-14-32-23(29)36-16(3)4)18-7-5-17(6-8-18)11-26-12-24-21-19(26)9-10-20(27)25-21/h5-10,12,15-16H,11,13-14H2,1-4H3,(H,25,27). The number of ether oxygens (including phenoxy) is 4. The second kappa shape index (κ2) is 12.5. The summed E-state index contributed by atoms with van der Waals surface area (Å²) in [6, 6.07) is 9.57. The Kier molecular flexibility index (Phi) is 9.45. The Morgan fingerprint density at radius 3 is 2.03 bits per heavy atom. The van der Waals surface area contributed by atoms with Crippen molar-refractivity contribution in [2.75, 3.05) is 13.6 Å². The molecular weight excluding hydrogens is 509 g/mol. The molecule has 13 nitrogen and oxygen atoms in total. The molecule has 200 valence electrons. The zero-order chi connectivity index (χ0) is 27.0. The van der Waals surface area contributed by atoms with E-state index in [1.807, 2.05) is 4.57 Å². The van der Waals surface area contributed by atoms with Gasteiger partial charge in [-0.1, -0.05) is 12.1 Å². The maximum Gasteiger partial charge on any atom is 0.510 e. The quantitative estimate of drug-likeness (QED) is 0.213. The van der Waals surface area contributed by atoms with E-state index in [1.165, 1.54) is 18.2 Å². The lowest BCUT2D eigenvalue weighted by molar-refractivity contribution is -0.0284. The average Bonchev–Trinajstić information content (AvgIpc) is 3.20. The number of hydrogen-bond acceptors (Lipinski definition) is 12. The summed E-state index contributed by atoms with van der Waals surface area (Å²) >= 11 is 0. The summed E-state index contributed by atoms with van der Waals surface area (Å²) in [5.74, 6) is -0.124. The van der Waals surface area contributed by atoms with Crippen molar-refractivity contribution >= 4 is 36.4 Å². The highest BCUT2D eigenvalue weighted by atomic mass is 31.2. The lowest BCUT2D eigenvalue weighted by Crippen LogP contribution is -2.19. The number of carbonyl (C=O) groups is 2. The molecule has 0 aliphatic carbocycles. The molecule has 1 aromatic carbocycles. The van der Waals surface area contributed by atoms with Gasteiger partial charge in [0.2, 0.25) is 19.5 Å². The molecule has 0 spiro atoms. The first-order chi connectivity index (χ1) is 17.6. The van der Waals surface area contributed by atoms with Crippen LogP contribution in [0.4, 0.5) is 9.59 Å². The minimum absolute atomic E-state index is 0.124. The van der Waals surface area contributed by atoms with E-state index in [0.717, 1.165) is 11.1 Å². The molecule has 0 saturated carbocycles. The van der Waals surface area contributed by atoms with Crippen LogP contribution in [0.2, 0.25) is 0 Å². The number of rotatable bonds is 11. The monoisotopic (exact) mass is 537 g/mol. The van der Waals surface area contributed by atoms with Crippen LogP contribution in [0.3, 0.4) is 0 Å². The third-order valence-electron chi connectivity index (χ3n) is 4.54. The van der Waals surface area contributed by atoms with Crippen LogP contribution in [0.15, 0.2) is 42.7 Å². The van der Waals surface area contributed by atoms with Crippen molar-refractivity contribution in [3.8, 4) is 5.88 Å². The smallest absolute Gasteiger partial charge is 0.493 e. The van der Waals surface area contributed by atoms with Crippen LogP contribution in [0.25, 0.3) is 11.2 Å². The van der Waals surface area contributed by atoms with Gasteiger partial charge < -0.3 is 28.6 Å². The van der Waals surface area contributed by atoms with Crippen LogP contribution < -0.4 is 5.30 Å². The summed E-state index contributed by atoms with van der Waals surface area (Å²) < 4.78 is 45.1. The van der Waals surface area contributed by atoms with Crippen molar-refractivity contribution in [3.05, 3.63) is 48.3 Å². The molecule has 0 saturated heterocycles. The fourth-order valence-corrected chi connectivity index (χ4v) is 4.24. The highest BCUT2D eigenvalue weighted by Crippen LogP contribution is 2.47. The summed E-state index contributed by atoms with van der Waals surface area (Å²) in [4.78, 5) is 31.4. The summed E-state index contributed by atoms with van der Waals surface area (Å²) in [7, 11) is -4.11. The molecule has 0 amide bonds. The first-order valence-corrected chi connectivity index (χ1v) is 12.8. The topological polar surface area (TPSA) is 158 Å². The lowest BCUT2D eigenvalue weighted by Gasteiger charge is -2.19. The van der Waals surface area contributed by atoms with Crippen LogP contribution >= 0.6 is 7.60 Å². The normalized spacial score (nSPS) is 11.6. The number of fused-ring (bicyclic) bond motifs is 1. The first kappa shape index (κ1) is 27.9. The Morgan fingerprint density at radius 1 is 0.919 bits per heavy atom. The molecule has 0 aliphatic rings. The number of benzene rings is 1. The third-order valence-corrected chi connectivity index (χ3v) is 6.36. The average molecular weight is 537 g/mol. The minimum atomic E-state index is -4.11. The van der Waals surface area contributed by atoms with Crippen LogP contribution in [0.5, 0.6) is 5.88 Å². The molecular formula is C23H28N3O10P. The molecule has 2 heterocycles. The molecule has 14 heteroatoms. The van der Waals surface area contributed by atoms with E-state index in [2.05, 4.69) is 9.97 Å². The molecule has 0 atom stereocenters. The highest BCUT2D eigenvalue weighted by Gasteiger charge is 2.30. The van der Waals surface area contributed by atoms with Crippen LogP contribution in [0, 0.1) is 0 Å². The van der Waals surface area contributed by atoms with E-state index >= 15 is 0 Å². The van der Waals surface area contributed by atoms with Crippen LogP contribution in [-0.2, 0) is 39.1 Å². The molecule has 37 heavy (non-hydrogen) atoms. The third kappa shape index (κ3) is 8.17. The lowest BCUT2D eigenvalue weighted by atomic mass is 10.2. The predicted molar refractivity (Wildman–Crippen MR) is 129 cm³/mol. The van der Waals surface area contributed by atoms with Crippen molar-refractivity contribution in [2.45, 2.75) is 46.4 Å². The Balaban J connectivity index is 1.71. The van der Waals surface area contributed by atoms with Gasteiger partial charge in [-0.05, 0) is 51.5 Å². The molecule has 0 unspecified atom stereocenters. The van der Waals surface area contributed by atoms with E-state index in [4.69, 9.17) is 28.0 Å². The second-order valence-corrected chi connectivity index (χ2v) is 10.2. The van der Waals surface area contributed by atoms with Gasteiger partial charge in [0.1, 0.15) is 0 Å². The zero-order valence-corrected chi connectivity index (χ0v) is 21.6. The molecule has 1 N–H and O–H groups in total. The maximum atomic E-state index is 13.5. The van der Waals surface area contributed by atoms with E-state index in [1.54, 1.807) is 52.2 Å². The molecule has 3 aromatic rings. The van der Waals surface area contributed by atoms with Gasteiger partial charge in [-0.25, -0.2) is 14.6 Å². The van der Waals surface area contributed by atoms with Gasteiger partial charge in [0.25, 0.3) is 0 Å². The molecule has 0 radical (unpaired) electrons. The Morgan fingerprint density at radius 2 is 1.49 bits per heavy atom. The number of aromatic nitrogens is 3. The van der Waals surface area contributed by atoms with Crippen molar-refractivity contribution in [3.63, 3.8) is 0 Å². The van der Waals surface area contributed by atoms with E-state index in [-0.39, 0.29) is 11.2 Å². The van der Waals surface area contributed by atoms with Crippen molar-refractivity contribution in [2.24, 2.45) is 0 Å². The van der Waals surface area contributed by atoms with Crippen LogP contribution in [0.1, 0.15) is 33.3 Å². The maximum absolute atomic E-state index is 13.5. The van der Waals surface area contributed by atoms with E-state index < -0.39 is 45.7 Å². The van der Waals surface area contributed by atoms with E-state index in [9.17, 15) is 19.3 Å². The van der Waals surface area contributed by atoms with Gasteiger partial charge in [-0.2, -0.15) is 4.98 Å². The van der Waals surface area contributed by atoms with E-state index in [0.29, 0.717) is 12.2 Å². The SMILES string of the molecule is CC(C)OC(=O)OCOP(=O)(OCOC(=O)OC(C)C)c1ccc(Cn2cnc3nc(O)ccc32)cc1. The van der Waals surface area contributed by atoms with Gasteiger partial charge in [0.15, 0.2) is 5.65 Å². The predicted octanol–water partition coefficient (Wildman–Crippen LogP) is 4.08. The minimum Gasteiger partial charge on any atom is -0.493 e. The van der Waals surface area contributed by atoms with Crippen molar-refractivity contribution in [1.82, 2.24) is 14.5 Å². The Labute approximate surface area is 212 Å². The number of nitrogens with zero attached hydrogens (tertiary/aromatic N) is 3. The Hall–Kier alpha value is -3.67. The summed E-state index contributed by atoms with van der Waals surface area (Å²) in [6.45, 7) is 5.49. The van der Waals surface area contributed by atoms with Crippen molar-refractivity contribution in [1.29, 1.82) is 0 Å². The molecule has 0 aliphatic heterocycles. The fourth-order valence-electron chi connectivity index (χ4n) is 2.97.